The maximum Gasteiger partial charge on any atom is 0.223 e. The first-order chi connectivity index (χ1) is 15.2. The third kappa shape index (κ3) is 6.19. The molecule has 2 aromatic rings. The fourth-order valence-electron chi connectivity index (χ4n) is 4.07. The van der Waals surface area contributed by atoms with E-state index in [2.05, 4.69) is 52.0 Å². The highest BCUT2D eigenvalue weighted by atomic mass is 35.5. The zero-order valence-corrected chi connectivity index (χ0v) is 20.7. The van der Waals surface area contributed by atoms with Crippen LogP contribution in [0.1, 0.15) is 69.6 Å². The second-order valence-corrected chi connectivity index (χ2v) is 10.3. The van der Waals surface area contributed by atoms with Crippen molar-refractivity contribution in [3.05, 3.63) is 59.2 Å². The van der Waals surface area contributed by atoms with Crippen LogP contribution in [0.5, 0.6) is 11.5 Å². The third-order valence-corrected chi connectivity index (χ3v) is 6.73. The molecule has 0 aromatic heterocycles. The number of ether oxygens (including phenoxy) is 2. The van der Waals surface area contributed by atoms with Gasteiger partial charge in [0.15, 0.2) is 0 Å². The molecule has 1 saturated heterocycles. The molecular weight excluding hydrogens is 422 g/mol. The van der Waals surface area contributed by atoms with E-state index in [1.807, 2.05) is 23.1 Å². The summed E-state index contributed by atoms with van der Waals surface area (Å²) in [6.07, 6.45) is 2.20. The van der Waals surface area contributed by atoms with Gasteiger partial charge in [-0.05, 0) is 41.0 Å². The van der Waals surface area contributed by atoms with Crippen molar-refractivity contribution in [2.45, 2.75) is 70.2 Å². The first-order valence-electron chi connectivity index (χ1n) is 11.5. The number of carbonyl (C=O) groups is 1. The molecule has 1 amide bonds. The van der Waals surface area contributed by atoms with Crippen molar-refractivity contribution in [3.8, 4) is 11.5 Å². The van der Waals surface area contributed by atoms with Crippen LogP contribution < -0.4 is 9.47 Å². The summed E-state index contributed by atoms with van der Waals surface area (Å²) in [5.74, 6) is 1.83. The van der Waals surface area contributed by atoms with Gasteiger partial charge in [0.25, 0.3) is 0 Å². The highest BCUT2D eigenvalue weighted by Gasteiger charge is 2.32. The number of hydrogen-bond acceptors (Lipinski definition) is 3. The summed E-state index contributed by atoms with van der Waals surface area (Å²) in [5, 5.41) is 0.109. The molecule has 0 aliphatic carbocycles. The number of hydrogen-bond donors (Lipinski definition) is 0. The van der Waals surface area contributed by atoms with Crippen molar-refractivity contribution in [1.82, 2.24) is 4.90 Å². The van der Waals surface area contributed by atoms with Crippen molar-refractivity contribution < 1.29 is 14.3 Å². The van der Waals surface area contributed by atoms with Crippen molar-refractivity contribution in [2.24, 2.45) is 0 Å². The zero-order valence-electron chi connectivity index (χ0n) is 20.0. The van der Waals surface area contributed by atoms with Gasteiger partial charge in [0, 0.05) is 36.9 Å². The molecule has 0 N–H and O–H groups in total. The summed E-state index contributed by atoms with van der Waals surface area (Å²) in [4.78, 5) is 14.8. The van der Waals surface area contributed by atoms with Crippen LogP contribution in [-0.4, -0.2) is 36.4 Å². The number of methoxy groups -OCH3 is 1. The predicted molar refractivity (Wildman–Crippen MR) is 131 cm³/mol. The van der Waals surface area contributed by atoms with E-state index >= 15 is 0 Å². The molecule has 1 fully saturated rings. The Kier molecular flexibility index (Phi) is 8.10. The average Bonchev–Trinajstić information content (AvgIpc) is 3.13. The Hall–Kier alpha value is -2.20. The zero-order chi connectivity index (χ0) is 23.3. The standard InChI is InChI=1S/C27H36ClNO3/c1-6-22(28)13-14-32-25-16-23(31-5)11-12-24(25)20-15-26(30)29(18-20)17-19-7-9-21(10-8-19)27(2,3)4/h7-12,16,20,22H,6,13-15,17-18H2,1-5H3/t20-,22?/m0/s1. The van der Waals surface area contributed by atoms with Crippen LogP contribution in [0.4, 0.5) is 0 Å². The summed E-state index contributed by atoms with van der Waals surface area (Å²) >= 11 is 6.25. The minimum absolute atomic E-state index is 0.107. The normalized spacial score (nSPS) is 17.5. The topological polar surface area (TPSA) is 38.8 Å². The second-order valence-electron chi connectivity index (χ2n) is 9.67. The Morgan fingerprint density at radius 3 is 2.50 bits per heavy atom. The van der Waals surface area contributed by atoms with Crippen LogP contribution in [0.3, 0.4) is 0 Å². The molecule has 1 heterocycles. The lowest BCUT2D eigenvalue weighted by Gasteiger charge is -2.21. The molecule has 174 valence electrons. The number of rotatable bonds is 9. The number of amides is 1. The van der Waals surface area contributed by atoms with Gasteiger partial charge in [0.1, 0.15) is 11.5 Å². The summed E-state index contributed by atoms with van der Waals surface area (Å²) < 4.78 is 11.5. The van der Waals surface area contributed by atoms with E-state index in [1.54, 1.807) is 7.11 Å². The molecule has 1 aliphatic heterocycles. The van der Waals surface area contributed by atoms with Crippen LogP contribution in [0.2, 0.25) is 0 Å². The van der Waals surface area contributed by atoms with Crippen LogP contribution in [-0.2, 0) is 16.8 Å². The van der Waals surface area contributed by atoms with Crippen molar-refractivity contribution >= 4 is 17.5 Å². The largest absolute Gasteiger partial charge is 0.497 e. The lowest BCUT2D eigenvalue weighted by atomic mass is 9.87. The number of nitrogens with zero attached hydrogens (tertiary/aromatic N) is 1. The van der Waals surface area contributed by atoms with Crippen molar-refractivity contribution in [3.63, 3.8) is 0 Å². The van der Waals surface area contributed by atoms with E-state index in [9.17, 15) is 4.79 Å². The van der Waals surface area contributed by atoms with E-state index in [4.69, 9.17) is 21.1 Å². The van der Waals surface area contributed by atoms with Gasteiger partial charge in [0.05, 0.1) is 13.7 Å². The van der Waals surface area contributed by atoms with E-state index in [0.717, 1.165) is 35.5 Å². The van der Waals surface area contributed by atoms with Gasteiger partial charge in [0.2, 0.25) is 5.91 Å². The van der Waals surface area contributed by atoms with Crippen LogP contribution >= 0.6 is 11.6 Å². The summed E-state index contributed by atoms with van der Waals surface area (Å²) in [6, 6.07) is 14.5. The lowest BCUT2D eigenvalue weighted by Crippen LogP contribution is -2.24. The Morgan fingerprint density at radius 1 is 1.16 bits per heavy atom. The molecule has 0 bridgehead atoms. The molecule has 5 heteroatoms. The Balaban J connectivity index is 1.70. The van der Waals surface area contributed by atoms with Gasteiger partial charge in [-0.2, -0.15) is 0 Å². The third-order valence-electron chi connectivity index (χ3n) is 6.20. The molecule has 4 nitrogen and oxygen atoms in total. The summed E-state index contributed by atoms with van der Waals surface area (Å²) in [5.41, 5.74) is 3.64. The minimum Gasteiger partial charge on any atom is -0.497 e. The van der Waals surface area contributed by atoms with Gasteiger partial charge in [-0.1, -0.05) is 58.0 Å². The molecule has 2 atom stereocenters. The minimum atomic E-state index is 0.107. The summed E-state index contributed by atoms with van der Waals surface area (Å²) in [6.45, 7) is 10.6. The van der Waals surface area contributed by atoms with Gasteiger partial charge in [-0.3, -0.25) is 4.79 Å². The number of benzene rings is 2. The fourth-order valence-corrected chi connectivity index (χ4v) is 4.16. The molecule has 1 unspecified atom stereocenters. The van der Waals surface area contributed by atoms with Crippen LogP contribution in [0, 0.1) is 0 Å². The van der Waals surface area contributed by atoms with E-state index in [1.165, 1.54) is 5.56 Å². The van der Waals surface area contributed by atoms with E-state index in [0.29, 0.717) is 26.1 Å². The molecule has 0 radical (unpaired) electrons. The Bertz CT molecular complexity index is 904. The molecule has 0 spiro atoms. The number of alkyl halides is 1. The highest BCUT2D eigenvalue weighted by Crippen LogP contribution is 2.37. The molecule has 2 aromatic carbocycles. The monoisotopic (exact) mass is 457 g/mol. The molecule has 3 rings (SSSR count). The first-order valence-corrected chi connectivity index (χ1v) is 12.0. The lowest BCUT2D eigenvalue weighted by molar-refractivity contribution is -0.128. The molecular formula is C27H36ClNO3. The smallest absolute Gasteiger partial charge is 0.223 e. The van der Waals surface area contributed by atoms with E-state index in [-0.39, 0.29) is 22.6 Å². The number of halogens is 1. The first kappa shape index (κ1) is 24.4. The van der Waals surface area contributed by atoms with Crippen molar-refractivity contribution in [2.75, 3.05) is 20.3 Å². The fraction of sp³-hybridized carbons (Fsp3) is 0.519. The maximum atomic E-state index is 12.8. The highest BCUT2D eigenvalue weighted by molar-refractivity contribution is 6.20. The Labute approximate surface area is 197 Å². The number of carbonyl (C=O) groups excluding carboxylic acids is 1. The van der Waals surface area contributed by atoms with Crippen LogP contribution in [0.15, 0.2) is 42.5 Å². The second kappa shape index (κ2) is 10.6. The molecule has 0 saturated carbocycles. The molecule has 32 heavy (non-hydrogen) atoms. The van der Waals surface area contributed by atoms with Gasteiger partial charge in [-0.25, -0.2) is 0 Å². The predicted octanol–water partition coefficient (Wildman–Crippen LogP) is 6.30. The average molecular weight is 458 g/mol. The van der Waals surface area contributed by atoms with Gasteiger partial charge < -0.3 is 14.4 Å². The van der Waals surface area contributed by atoms with E-state index < -0.39 is 0 Å². The van der Waals surface area contributed by atoms with Gasteiger partial charge in [-0.15, -0.1) is 11.6 Å². The van der Waals surface area contributed by atoms with Gasteiger partial charge >= 0.3 is 0 Å². The quantitative estimate of drug-likeness (QED) is 0.415. The van der Waals surface area contributed by atoms with Crippen LogP contribution in [0.25, 0.3) is 0 Å². The number of likely N-dealkylation sites (tertiary alicyclic amines) is 1. The SMILES string of the molecule is CCC(Cl)CCOc1cc(OC)ccc1[C@H]1CC(=O)N(Cc2ccc(C(C)(C)C)cc2)C1. The maximum absolute atomic E-state index is 12.8. The summed E-state index contributed by atoms with van der Waals surface area (Å²) in [7, 11) is 1.65. The van der Waals surface area contributed by atoms with Crippen molar-refractivity contribution in [1.29, 1.82) is 0 Å². The Morgan fingerprint density at radius 2 is 1.88 bits per heavy atom. The molecule has 1 aliphatic rings.